The molecular formula is C15H20N2. The van der Waals surface area contributed by atoms with Crippen LogP contribution in [0.5, 0.6) is 0 Å². The van der Waals surface area contributed by atoms with Gasteiger partial charge >= 0.3 is 0 Å². The summed E-state index contributed by atoms with van der Waals surface area (Å²) < 4.78 is 0. The smallest absolute Gasteiger partial charge is 0.0666 e. The van der Waals surface area contributed by atoms with E-state index in [4.69, 9.17) is 5.26 Å². The second-order valence-corrected chi connectivity index (χ2v) is 4.98. The van der Waals surface area contributed by atoms with Crippen LogP contribution in [0.1, 0.15) is 30.9 Å². The van der Waals surface area contributed by atoms with Gasteiger partial charge in [0, 0.05) is 19.0 Å². The fourth-order valence-corrected chi connectivity index (χ4v) is 2.60. The number of hydrogen-bond acceptors (Lipinski definition) is 2. The Hall–Kier alpha value is -1.33. The van der Waals surface area contributed by atoms with Crippen molar-refractivity contribution in [3.8, 4) is 6.07 Å². The Kier molecular flexibility index (Phi) is 3.81. The quantitative estimate of drug-likeness (QED) is 0.775. The van der Waals surface area contributed by atoms with Gasteiger partial charge in [-0.3, -0.25) is 0 Å². The number of likely N-dealkylation sites (N-methyl/N-ethyl adjacent to an activating group) is 1. The molecule has 1 aromatic rings. The van der Waals surface area contributed by atoms with E-state index >= 15 is 0 Å². The highest BCUT2D eigenvalue weighted by molar-refractivity contribution is 5.40. The third-order valence-electron chi connectivity index (χ3n) is 3.64. The van der Waals surface area contributed by atoms with Crippen LogP contribution in [0.4, 0.5) is 0 Å². The predicted octanol–water partition coefficient (Wildman–Crippen LogP) is 2.81. The summed E-state index contributed by atoms with van der Waals surface area (Å²) in [6, 6.07) is 11.0. The summed E-state index contributed by atoms with van der Waals surface area (Å²) >= 11 is 0. The van der Waals surface area contributed by atoms with Gasteiger partial charge in [0.15, 0.2) is 0 Å². The first-order valence-electron chi connectivity index (χ1n) is 6.44. The number of hydrogen-bond donors (Lipinski definition) is 0. The third-order valence-corrected chi connectivity index (χ3v) is 3.64. The summed E-state index contributed by atoms with van der Waals surface area (Å²) in [5.41, 5.74) is 3.01. The van der Waals surface area contributed by atoms with Crippen LogP contribution in [0.3, 0.4) is 0 Å². The summed E-state index contributed by atoms with van der Waals surface area (Å²) in [6.45, 7) is 7.20. The first-order valence-corrected chi connectivity index (χ1v) is 6.44. The van der Waals surface area contributed by atoms with Crippen LogP contribution in [0, 0.1) is 17.2 Å². The van der Waals surface area contributed by atoms with Gasteiger partial charge in [-0.1, -0.05) is 31.2 Å². The Labute approximate surface area is 104 Å². The lowest BCUT2D eigenvalue weighted by molar-refractivity contribution is 0.243. The normalized spacial score (nSPS) is 19.3. The molecule has 0 bridgehead atoms. The number of nitrogens with zero attached hydrogens (tertiary/aromatic N) is 2. The summed E-state index contributed by atoms with van der Waals surface area (Å²) in [6.07, 6.45) is 1.20. The third kappa shape index (κ3) is 2.68. The van der Waals surface area contributed by atoms with E-state index in [9.17, 15) is 0 Å². The fourth-order valence-electron chi connectivity index (χ4n) is 2.60. The van der Waals surface area contributed by atoms with E-state index in [0.29, 0.717) is 5.92 Å². The lowest BCUT2D eigenvalue weighted by Crippen LogP contribution is -2.35. The van der Waals surface area contributed by atoms with Gasteiger partial charge in [0.25, 0.3) is 0 Å². The molecule has 17 heavy (non-hydrogen) atoms. The van der Waals surface area contributed by atoms with E-state index < -0.39 is 0 Å². The van der Waals surface area contributed by atoms with Crippen molar-refractivity contribution in [2.75, 3.05) is 19.6 Å². The zero-order valence-corrected chi connectivity index (χ0v) is 10.7. The SMILES string of the molecule is CCN(CC(C)C#N)CC1Cc2ccccc21. The largest absolute Gasteiger partial charge is 0.302 e. The molecule has 0 saturated heterocycles. The van der Waals surface area contributed by atoms with Crippen molar-refractivity contribution in [1.82, 2.24) is 4.90 Å². The van der Waals surface area contributed by atoms with Crippen molar-refractivity contribution in [3.63, 3.8) is 0 Å². The molecule has 0 N–H and O–H groups in total. The van der Waals surface area contributed by atoms with Crippen molar-refractivity contribution in [3.05, 3.63) is 35.4 Å². The second kappa shape index (κ2) is 5.33. The number of rotatable bonds is 5. The van der Waals surface area contributed by atoms with E-state index in [-0.39, 0.29) is 5.92 Å². The fraction of sp³-hybridized carbons (Fsp3) is 0.533. The Bertz CT molecular complexity index is 419. The van der Waals surface area contributed by atoms with Crippen LogP contribution in [-0.2, 0) is 6.42 Å². The molecule has 0 spiro atoms. The first kappa shape index (κ1) is 12.1. The van der Waals surface area contributed by atoms with Gasteiger partial charge in [-0.15, -0.1) is 0 Å². The summed E-state index contributed by atoms with van der Waals surface area (Å²) in [5, 5.41) is 8.87. The lowest BCUT2D eigenvalue weighted by atomic mass is 9.77. The van der Waals surface area contributed by atoms with Crippen LogP contribution in [0.25, 0.3) is 0 Å². The highest BCUT2D eigenvalue weighted by Gasteiger charge is 2.27. The molecule has 1 aliphatic rings. The van der Waals surface area contributed by atoms with Crippen LogP contribution in [-0.4, -0.2) is 24.5 Å². The number of benzene rings is 1. The zero-order valence-electron chi connectivity index (χ0n) is 10.7. The molecule has 1 aliphatic carbocycles. The van der Waals surface area contributed by atoms with Crippen molar-refractivity contribution >= 4 is 0 Å². The van der Waals surface area contributed by atoms with Crippen LogP contribution in [0.2, 0.25) is 0 Å². The monoisotopic (exact) mass is 228 g/mol. The molecule has 0 amide bonds. The summed E-state index contributed by atoms with van der Waals surface area (Å²) in [4.78, 5) is 2.40. The van der Waals surface area contributed by atoms with Crippen molar-refractivity contribution in [2.45, 2.75) is 26.2 Å². The van der Waals surface area contributed by atoms with E-state index in [2.05, 4.69) is 42.2 Å². The molecule has 2 atom stereocenters. The minimum atomic E-state index is 0.130. The first-order chi connectivity index (χ1) is 8.24. The topological polar surface area (TPSA) is 27.0 Å². The minimum absolute atomic E-state index is 0.130. The van der Waals surface area contributed by atoms with Crippen molar-refractivity contribution in [2.24, 2.45) is 5.92 Å². The van der Waals surface area contributed by atoms with Crippen molar-refractivity contribution < 1.29 is 0 Å². The molecule has 0 aliphatic heterocycles. The average Bonchev–Trinajstić information content (AvgIpc) is 2.34. The molecule has 2 heteroatoms. The molecule has 2 rings (SSSR count). The molecule has 2 unspecified atom stereocenters. The summed E-state index contributed by atoms with van der Waals surface area (Å²) in [5.74, 6) is 0.808. The summed E-state index contributed by atoms with van der Waals surface area (Å²) in [7, 11) is 0. The Morgan fingerprint density at radius 1 is 1.47 bits per heavy atom. The maximum Gasteiger partial charge on any atom is 0.0666 e. The predicted molar refractivity (Wildman–Crippen MR) is 69.8 cm³/mol. The molecular weight excluding hydrogens is 208 g/mol. The van der Waals surface area contributed by atoms with Gasteiger partial charge in [-0.05, 0) is 31.0 Å². The van der Waals surface area contributed by atoms with Gasteiger partial charge in [-0.25, -0.2) is 0 Å². The maximum absolute atomic E-state index is 8.87. The molecule has 0 fully saturated rings. The van der Waals surface area contributed by atoms with Crippen molar-refractivity contribution in [1.29, 1.82) is 5.26 Å². The molecule has 0 saturated carbocycles. The zero-order chi connectivity index (χ0) is 12.3. The number of nitriles is 1. The Morgan fingerprint density at radius 3 is 2.88 bits per heavy atom. The molecule has 2 nitrogen and oxygen atoms in total. The standard InChI is InChI=1S/C15H20N2/c1-3-17(10-12(2)9-16)11-14-8-13-6-4-5-7-15(13)14/h4-7,12,14H,3,8,10-11H2,1-2H3. The van der Waals surface area contributed by atoms with E-state index in [1.165, 1.54) is 17.5 Å². The second-order valence-electron chi connectivity index (χ2n) is 4.98. The average molecular weight is 228 g/mol. The molecule has 1 aromatic carbocycles. The Balaban J connectivity index is 1.92. The van der Waals surface area contributed by atoms with Gasteiger partial charge < -0.3 is 4.90 Å². The van der Waals surface area contributed by atoms with Crippen LogP contribution in [0.15, 0.2) is 24.3 Å². The molecule has 0 radical (unpaired) electrons. The van der Waals surface area contributed by atoms with Gasteiger partial charge in [0.2, 0.25) is 0 Å². The lowest BCUT2D eigenvalue weighted by Gasteiger charge is -2.34. The van der Waals surface area contributed by atoms with Crippen LogP contribution >= 0.6 is 0 Å². The van der Waals surface area contributed by atoms with E-state index in [1.54, 1.807) is 0 Å². The van der Waals surface area contributed by atoms with E-state index in [1.807, 2.05) is 6.92 Å². The number of fused-ring (bicyclic) bond motifs is 1. The van der Waals surface area contributed by atoms with Gasteiger partial charge in [-0.2, -0.15) is 5.26 Å². The maximum atomic E-state index is 8.87. The molecule has 0 heterocycles. The minimum Gasteiger partial charge on any atom is -0.302 e. The van der Waals surface area contributed by atoms with E-state index in [0.717, 1.165) is 19.6 Å². The van der Waals surface area contributed by atoms with Gasteiger partial charge in [0.05, 0.1) is 12.0 Å². The van der Waals surface area contributed by atoms with Crippen LogP contribution < -0.4 is 0 Å². The highest BCUT2D eigenvalue weighted by Crippen LogP contribution is 2.35. The highest BCUT2D eigenvalue weighted by atomic mass is 15.1. The Morgan fingerprint density at radius 2 is 2.24 bits per heavy atom. The van der Waals surface area contributed by atoms with Gasteiger partial charge in [0.1, 0.15) is 0 Å². The molecule has 90 valence electrons. The molecule has 0 aromatic heterocycles.